The average molecular weight is 461 g/mol. The van der Waals surface area contributed by atoms with E-state index in [0.717, 1.165) is 5.56 Å². The molecule has 2 aromatic rings. The van der Waals surface area contributed by atoms with Gasteiger partial charge in [-0.2, -0.15) is 0 Å². The number of hydrogen-bond acceptors (Lipinski definition) is 8. The number of benzene rings is 1. The maximum absolute atomic E-state index is 13.2. The Morgan fingerprint density at radius 3 is 2.39 bits per heavy atom. The van der Waals surface area contributed by atoms with E-state index in [2.05, 4.69) is 10.3 Å². The second-order valence-corrected chi connectivity index (χ2v) is 9.56. The molecule has 0 spiro atoms. The van der Waals surface area contributed by atoms with E-state index in [1.165, 1.54) is 22.9 Å². The van der Waals surface area contributed by atoms with Gasteiger partial charge in [0.1, 0.15) is 30.0 Å². The second kappa shape index (κ2) is 9.48. The van der Waals surface area contributed by atoms with Gasteiger partial charge in [0.05, 0.1) is 18.4 Å². The standard InChI is InChI=1S/C23H32N4O6/c1-22(2,3)33-21(29)26-13-16(27-17(12-24-25-27)23(4,5)30)19(31-6)18(26)20(28)32-14-15-10-8-7-9-11-15/h7-12,16,18-19,30H,13-14H2,1-6H3/t16-,18+,19+/m1/s1. The maximum Gasteiger partial charge on any atom is 0.411 e. The number of nitrogens with zero attached hydrogens (tertiary/aromatic N) is 4. The van der Waals surface area contributed by atoms with Crippen LogP contribution in [0.4, 0.5) is 4.79 Å². The van der Waals surface area contributed by atoms with Crippen LogP contribution in [0.5, 0.6) is 0 Å². The van der Waals surface area contributed by atoms with E-state index in [-0.39, 0.29) is 13.2 Å². The third kappa shape index (κ3) is 5.69. The fourth-order valence-corrected chi connectivity index (χ4v) is 3.82. The molecule has 0 bridgehead atoms. The topological polar surface area (TPSA) is 116 Å². The lowest BCUT2D eigenvalue weighted by atomic mass is 10.0. The Morgan fingerprint density at radius 2 is 1.82 bits per heavy atom. The molecular weight excluding hydrogens is 428 g/mol. The van der Waals surface area contributed by atoms with E-state index in [4.69, 9.17) is 14.2 Å². The van der Waals surface area contributed by atoms with Crippen molar-refractivity contribution >= 4 is 12.1 Å². The molecule has 0 radical (unpaired) electrons. The van der Waals surface area contributed by atoms with Gasteiger partial charge in [-0.3, -0.25) is 4.90 Å². The number of hydrogen-bond donors (Lipinski definition) is 1. The number of rotatable bonds is 6. The minimum atomic E-state index is -1.25. The quantitative estimate of drug-likeness (QED) is 0.654. The predicted molar refractivity (Wildman–Crippen MR) is 118 cm³/mol. The molecule has 0 aliphatic carbocycles. The zero-order valence-corrected chi connectivity index (χ0v) is 19.9. The number of amides is 1. The van der Waals surface area contributed by atoms with Crippen molar-refractivity contribution in [2.24, 2.45) is 0 Å². The summed E-state index contributed by atoms with van der Waals surface area (Å²) < 4.78 is 18.3. The average Bonchev–Trinajstić information content (AvgIpc) is 3.35. The lowest BCUT2D eigenvalue weighted by molar-refractivity contribution is -0.154. The summed E-state index contributed by atoms with van der Waals surface area (Å²) in [5, 5.41) is 18.6. The van der Waals surface area contributed by atoms with Crippen LogP contribution >= 0.6 is 0 Å². The Balaban J connectivity index is 1.93. The van der Waals surface area contributed by atoms with Crippen LogP contribution in [0.2, 0.25) is 0 Å². The van der Waals surface area contributed by atoms with Gasteiger partial charge in [0.2, 0.25) is 0 Å². The van der Waals surface area contributed by atoms with E-state index in [1.807, 2.05) is 30.3 Å². The highest BCUT2D eigenvalue weighted by Crippen LogP contribution is 2.34. The number of aliphatic hydroxyl groups is 1. The van der Waals surface area contributed by atoms with E-state index < -0.39 is 41.5 Å². The summed E-state index contributed by atoms with van der Waals surface area (Å²) in [6.45, 7) is 8.57. The number of likely N-dealkylation sites (tertiary alicyclic amines) is 1. The largest absolute Gasteiger partial charge is 0.459 e. The minimum absolute atomic E-state index is 0.0533. The van der Waals surface area contributed by atoms with Crippen molar-refractivity contribution in [2.45, 2.75) is 70.6 Å². The molecular formula is C23H32N4O6. The number of carbonyl (C=O) groups excluding carboxylic acids is 2. The van der Waals surface area contributed by atoms with E-state index in [9.17, 15) is 14.7 Å². The van der Waals surface area contributed by atoms with Gasteiger partial charge in [-0.15, -0.1) is 5.10 Å². The molecule has 33 heavy (non-hydrogen) atoms. The Morgan fingerprint density at radius 1 is 1.15 bits per heavy atom. The zero-order chi connectivity index (χ0) is 24.4. The number of methoxy groups -OCH3 is 1. The molecule has 0 unspecified atom stereocenters. The van der Waals surface area contributed by atoms with Crippen LogP contribution in [0.25, 0.3) is 0 Å². The van der Waals surface area contributed by atoms with Crippen molar-refractivity contribution in [3.63, 3.8) is 0 Å². The molecule has 10 heteroatoms. The van der Waals surface area contributed by atoms with Gasteiger partial charge in [-0.25, -0.2) is 14.3 Å². The Labute approximate surface area is 193 Å². The van der Waals surface area contributed by atoms with Crippen LogP contribution in [0.15, 0.2) is 36.5 Å². The number of ether oxygens (including phenoxy) is 3. The predicted octanol–water partition coefficient (Wildman–Crippen LogP) is 2.42. The molecule has 2 heterocycles. The molecule has 3 rings (SSSR count). The second-order valence-electron chi connectivity index (χ2n) is 9.56. The molecule has 1 saturated heterocycles. The fraction of sp³-hybridized carbons (Fsp3) is 0.565. The SMILES string of the molecule is CO[C@@H]1[C@@H](C(=O)OCc2ccccc2)N(C(=O)OC(C)(C)C)C[C@H]1n1nncc1C(C)(C)O. The highest BCUT2D eigenvalue weighted by molar-refractivity contribution is 5.83. The van der Waals surface area contributed by atoms with Gasteiger partial charge < -0.3 is 19.3 Å². The lowest BCUT2D eigenvalue weighted by Gasteiger charge is -2.28. The summed E-state index contributed by atoms with van der Waals surface area (Å²) in [5.74, 6) is -0.621. The minimum Gasteiger partial charge on any atom is -0.459 e. The first-order chi connectivity index (χ1) is 15.4. The van der Waals surface area contributed by atoms with Crippen LogP contribution in [-0.4, -0.2) is 68.5 Å². The summed E-state index contributed by atoms with van der Waals surface area (Å²) in [4.78, 5) is 27.6. The van der Waals surface area contributed by atoms with E-state index >= 15 is 0 Å². The summed E-state index contributed by atoms with van der Waals surface area (Å²) in [7, 11) is 1.45. The van der Waals surface area contributed by atoms with Crippen LogP contribution in [0, 0.1) is 0 Å². The highest BCUT2D eigenvalue weighted by atomic mass is 16.6. The van der Waals surface area contributed by atoms with Gasteiger partial charge in [0.25, 0.3) is 0 Å². The van der Waals surface area contributed by atoms with Gasteiger partial charge in [-0.05, 0) is 40.2 Å². The van der Waals surface area contributed by atoms with Crippen LogP contribution < -0.4 is 0 Å². The molecule has 10 nitrogen and oxygen atoms in total. The first kappa shape index (κ1) is 24.7. The summed E-state index contributed by atoms with van der Waals surface area (Å²) in [6, 6.07) is 7.59. The number of aromatic nitrogens is 3. The van der Waals surface area contributed by atoms with Crippen molar-refractivity contribution < 1.29 is 28.9 Å². The van der Waals surface area contributed by atoms with Crippen LogP contribution in [-0.2, 0) is 31.2 Å². The summed E-state index contributed by atoms with van der Waals surface area (Å²) >= 11 is 0. The fourth-order valence-electron chi connectivity index (χ4n) is 3.82. The Hall–Kier alpha value is -2.98. The first-order valence-corrected chi connectivity index (χ1v) is 10.8. The molecule has 1 fully saturated rings. The van der Waals surface area contributed by atoms with Crippen LogP contribution in [0.1, 0.15) is 51.9 Å². The normalized spacial score (nSPS) is 21.2. The number of carbonyl (C=O) groups is 2. The maximum atomic E-state index is 13.2. The van der Waals surface area contributed by atoms with Crippen molar-refractivity contribution in [2.75, 3.05) is 13.7 Å². The highest BCUT2D eigenvalue weighted by Gasteiger charge is 2.52. The molecule has 180 valence electrons. The summed E-state index contributed by atoms with van der Waals surface area (Å²) in [5.41, 5.74) is -0.762. The molecule has 1 aromatic heterocycles. The Kier molecular flexibility index (Phi) is 7.08. The molecule has 1 aliphatic rings. The lowest BCUT2D eigenvalue weighted by Crippen LogP contribution is -2.48. The third-order valence-corrected chi connectivity index (χ3v) is 5.29. The smallest absolute Gasteiger partial charge is 0.411 e. The number of esters is 1. The molecule has 3 atom stereocenters. The summed E-state index contributed by atoms with van der Waals surface area (Å²) in [6.07, 6.45) is -0.0202. The first-order valence-electron chi connectivity index (χ1n) is 10.8. The molecule has 1 aliphatic heterocycles. The van der Waals surface area contributed by atoms with Crippen molar-refractivity contribution in [3.05, 3.63) is 47.8 Å². The molecule has 1 amide bonds. The zero-order valence-electron chi connectivity index (χ0n) is 19.9. The van der Waals surface area contributed by atoms with E-state index in [0.29, 0.717) is 5.69 Å². The van der Waals surface area contributed by atoms with Gasteiger partial charge >= 0.3 is 12.1 Å². The van der Waals surface area contributed by atoms with Gasteiger partial charge in [0, 0.05) is 7.11 Å². The molecule has 1 aromatic carbocycles. The third-order valence-electron chi connectivity index (χ3n) is 5.29. The monoisotopic (exact) mass is 460 g/mol. The van der Waals surface area contributed by atoms with Crippen molar-refractivity contribution in [1.29, 1.82) is 0 Å². The van der Waals surface area contributed by atoms with Gasteiger partial charge in [0.15, 0.2) is 6.04 Å². The van der Waals surface area contributed by atoms with Crippen molar-refractivity contribution in [1.82, 2.24) is 19.9 Å². The molecule has 0 saturated carbocycles. The van der Waals surface area contributed by atoms with E-state index in [1.54, 1.807) is 34.6 Å². The van der Waals surface area contributed by atoms with Crippen LogP contribution in [0.3, 0.4) is 0 Å². The molecule has 1 N–H and O–H groups in total. The van der Waals surface area contributed by atoms with Gasteiger partial charge in [-0.1, -0.05) is 35.5 Å². The Bertz CT molecular complexity index is 963. The van der Waals surface area contributed by atoms with Crippen molar-refractivity contribution in [3.8, 4) is 0 Å².